The normalized spacial score (nSPS) is 17.4. The topological polar surface area (TPSA) is 64.6 Å². The number of amides is 1. The van der Waals surface area contributed by atoms with E-state index in [9.17, 15) is 9.59 Å². The van der Waals surface area contributed by atoms with E-state index in [0.717, 1.165) is 0 Å². The van der Waals surface area contributed by atoms with E-state index in [4.69, 9.17) is 9.47 Å². The molecule has 0 bridgehead atoms. The average molecular weight is 235 g/mol. The molecule has 90 valence electrons. The van der Waals surface area contributed by atoms with Crippen LogP contribution in [-0.4, -0.2) is 31.6 Å². The van der Waals surface area contributed by atoms with Gasteiger partial charge in [0.1, 0.15) is 5.75 Å². The Bertz CT molecular complexity index is 430. The van der Waals surface area contributed by atoms with Gasteiger partial charge in [-0.15, -0.1) is 0 Å². The molecule has 2 rings (SSSR count). The number of esters is 1. The van der Waals surface area contributed by atoms with E-state index in [1.54, 1.807) is 24.3 Å². The van der Waals surface area contributed by atoms with Crippen molar-refractivity contribution in [1.29, 1.82) is 0 Å². The molecule has 0 radical (unpaired) electrons. The number of carbonyl (C=O) groups is 2. The summed E-state index contributed by atoms with van der Waals surface area (Å²) in [6.07, 6.45) is 0.183. The lowest BCUT2D eigenvalue weighted by atomic mass is 10.2. The van der Waals surface area contributed by atoms with E-state index in [2.05, 4.69) is 5.32 Å². The monoisotopic (exact) mass is 235 g/mol. The minimum Gasteiger partial charge on any atom is -0.426 e. The number of hydrogen-bond donors (Lipinski definition) is 1. The first-order chi connectivity index (χ1) is 8.27. The second kappa shape index (κ2) is 5.45. The molecule has 0 aromatic heterocycles. The molecular formula is C12H13NO4. The van der Waals surface area contributed by atoms with Crippen molar-refractivity contribution >= 4 is 11.9 Å². The van der Waals surface area contributed by atoms with Crippen LogP contribution in [-0.2, 0) is 9.53 Å². The quantitative estimate of drug-likeness (QED) is 0.532. The number of nitrogens with one attached hydrogen (secondary N) is 1. The second-order valence-corrected chi connectivity index (χ2v) is 3.59. The number of benzene rings is 1. The van der Waals surface area contributed by atoms with Crippen LogP contribution in [0.4, 0.5) is 0 Å². The molecule has 0 saturated heterocycles. The summed E-state index contributed by atoms with van der Waals surface area (Å²) in [5.74, 6) is -0.372. The van der Waals surface area contributed by atoms with Gasteiger partial charge in [-0.3, -0.25) is 9.59 Å². The van der Waals surface area contributed by atoms with Gasteiger partial charge in [0.2, 0.25) is 0 Å². The molecule has 1 heterocycles. The van der Waals surface area contributed by atoms with E-state index in [-0.39, 0.29) is 18.1 Å². The molecule has 0 fully saturated rings. The lowest BCUT2D eigenvalue weighted by molar-refractivity contribution is -0.135. The van der Waals surface area contributed by atoms with Gasteiger partial charge in [-0.25, -0.2) is 0 Å². The van der Waals surface area contributed by atoms with Crippen LogP contribution in [0.25, 0.3) is 0 Å². The zero-order chi connectivity index (χ0) is 12.1. The summed E-state index contributed by atoms with van der Waals surface area (Å²) in [7, 11) is 0. The average Bonchev–Trinajstić information content (AvgIpc) is 2.36. The van der Waals surface area contributed by atoms with Crippen molar-refractivity contribution in [2.45, 2.75) is 6.42 Å². The molecule has 1 N–H and O–H groups in total. The first kappa shape index (κ1) is 11.6. The Labute approximate surface area is 98.7 Å². The van der Waals surface area contributed by atoms with Gasteiger partial charge in [0.25, 0.3) is 5.91 Å². The summed E-state index contributed by atoms with van der Waals surface area (Å²) in [6.45, 7) is 1.11. The van der Waals surface area contributed by atoms with Crippen molar-refractivity contribution in [2.24, 2.45) is 0 Å². The highest BCUT2D eigenvalue weighted by molar-refractivity contribution is 5.97. The van der Waals surface area contributed by atoms with E-state index < -0.39 is 5.97 Å². The number of fused-ring (bicyclic) bond motifs is 1. The molecule has 1 aromatic carbocycles. The summed E-state index contributed by atoms with van der Waals surface area (Å²) in [4.78, 5) is 23.2. The van der Waals surface area contributed by atoms with Crippen molar-refractivity contribution < 1.29 is 19.1 Å². The number of hydrogen-bond acceptors (Lipinski definition) is 4. The zero-order valence-corrected chi connectivity index (χ0v) is 9.27. The van der Waals surface area contributed by atoms with Gasteiger partial charge in [0.05, 0.1) is 25.2 Å². The van der Waals surface area contributed by atoms with Crippen LogP contribution in [0.5, 0.6) is 5.75 Å². The van der Waals surface area contributed by atoms with Gasteiger partial charge in [-0.2, -0.15) is 0 Å². The Morgan fingerprint density at radius 2 is 1.94 bits per heavy atom. The first-order valence-electron chi connectivity index (χ1n) is 5.43. The Morgan fingerprint density at radius 3 is 2.82 bits per heavy atom. The van der Waals surface area contributed by atoms with Crippen molar-refractivity contribution in [1.82, 2.24) is 5.32 Å². The minimum absolute atomic E-state index is 0.183. The van der Waals surface area contributed by atoms with E-state index >= 15 is 0 Å². The summed E-state index contributed by atoms with van der Waals surface area (Å²) < 4.78 is 10.3. The summed E-state index contributed by atoms with van der Waals surface area (Å²) in [5.41, 5.74) is 0.364. The molecular weight excluding hydrogens is 222 g/mol. The minimum atomic E-state index is -0.396. The lowest BCUT2D eigenvalue weighted by Crippen LogP contribution is -2.27. The van der Waals surface area contributed by atoms with Gasteiger partial charge in [0, 0.05) is 6.54 Å². The number of para-hydroxylation sites is 1. The predicted octanol–water partition coefficient (Wildman–Crippen LogP) is 0.742. The molecule has 5 nitrogen and oxygen atoms in total. The third-order valence-corrected chi connectivity index (χ3v) is 2.34. The molecule has 0 unspecified atom stereocenters. The molecule has 1 aromatic rings. The van der Waals surface area contributed by atoms with Gasteiger partial charge < -0.3 is 14.8 Å². The smallest absolute Gasteiger partial charge is 0.313 e. The van der Waals surface area contributed by atoms with Crippen molar-refractivity contribution in [2.75, 3.05) is 19.8 Å². The largest absolute Gasteiger partial charge is 0.426 e. The van der Waals surface area contributed by atoms with E-state index in [1.807, 2.05) is 0 Å². The summed E-state index contributed by atoms with van der Waals surface area (Å²) in [5, 5.41) is 2.70. The van der Waals surface area contributed by atoms with Crippen LogP contribution < -0.4 is 10.1 Å². The van der Waals surface area contributed by atoms with Crippen LogP contribution >= 0.6 is 0 Å². The van der Waals surface area contributed by atoms with Crippen LogP contribution in [0.3, 0.4) is 0 Å². The number of ether oxygens (including phenoxy) is 2. The van der Waals surface area contributed by atoms with Crippen molar-refractivity contribution in [3.63, 3.8) is 0 Å². The third-order valence-electron chi connectivity index (χ3n) is 2.34. The number of carbonyl (C=O) groups excluding carboxylic acids is 2. The van der Waals surface area contributed by atoms with Gasteiger partial charge >= 0.3 is 5.97 Å². The molecule has 1 amide bonds. The second-order valence-electron chi connectivity index (χ2n) is 3.59. The Kier molecular flexibility index (Phi) is 3.72. The Morgan fingerprint density at radius 1 is 1.12 bits per heavy atom. The molecule has 17 heavy (non-hydrogen) atoms. The van der Waals surface area contributed by atoms with Crippen molar-refractivity contribution in [3.8, 4) is 5.75 Å². The third kappa shape index (κ3) is 3.04. The van der Waals surface area contributed by atoms with E-state index in [1.165, 1.54) is 0 Å². The van der Waals surface area contributed by atoms with Gasteiger partial charge in [-0.1, -0.05) is 12.1 Å². The molecule has 1 aliphatic rings. The molecule has 0 saturated carbocycles. The predicted molar refractivity (Wildman–Crippen MR) is 59.8 cm³/mol. The fourth-order valence-electron chi connectivity index (χ4n) is 1.51. The molecule has 5 heteroatoms. The van der Waals surface area contributed by atoms with Crippen molar-refractivity contribution in [3.05, 3.63) is 29.8 Å². The van der Waals surface area contributed by atoms with Crippen LogP contribution in [0, 0.1) is 0 Å². The highest BCUT2D eigenvalue weighted by Crippen LogP contribution is 2.18. The molecule has 0 aliphatic carbocycles. The molecule has 0 atom stereocenters. The maximum absolute atomic E-state index is 11.8. The van der Waals surface area contributed by atoms with Crippen LogP contribution in [0.1, 0.15) is 16.8 Å². The standard InChI is InChI=1S/C12H13NO4/c14-11-5-7-16-8-6-13-12(15)9-3-1-2-4-10(9)17-11/h1-4H,5-8H2,(H,13,15). The Hall–Kier alpha value is -1.88. The maximum Gasteiger partial charge on any atom is 0.313 e. The van der Waals surface area contributed by atoms with Gasteiger partial charge in [0.15, 0.2) is 0 Å². The fourth-order valence-corrected chi connectivity index (χ4v) is 1.51. The van der Waals surface area contributed by atoms with Crippen LogP contribution in [0.2, 0.25) is 0 Å². The summed E-state index contributed by atoms with van der Waals surface area (Å²) in [6, 6.07) is 6.67. The fraction of sp³-hybridized carbons (Fsp3) is 0.333. The van der Waals surface area contributed by atoms with Gasteiger partial charge in [-0.05, 0) is 12.1 Å². The maximum atomic E-state index is 11.8. The SMILES string of the molecule is O=C1CCOCCNC(=O)c2ccccc2O1. The van der Waals surface area contributed by atoms with Crippen LogP contribution in [0.15, 0.2) is 24.3 Å². The zero-order valence-electron chi connectivity index (χ0n) is 9.27. The highest BCUT2D eigenvalue weighted by Gasteiger charge is 2.15. The first-order valence-corrected chi connectivity index (χ1v) is 5.43. The number of rotatable bonds is 0. The lowest BCUT2D eigenvalue weighted by Gasteiger charge is -2.08. The molecule has 1 aliphatic heterocycles. The molecule has 0 spiro atoms. The van der Waals surface area contributed by atoms with E-state index in [0.29, 0.717) is 25.3 Å². The Balaban J connectivity index is 2.26. The highest BCUT2D eigenvalue weighted by atomic mass is 16.5. The summed E-state index contributed by atoms with van der Waals surface area (Å²) >= 11 is 0.